The average Bonchev–Trinajstić information content (AvgIpc) is 2.91. The highest BCUT2D eigenvalue weighted by Crippen LogP contribution is 2.42. The molecule has 0 radical (unpaired) electrons. The zero-order valence-electron chi connectivity index (χ0n) is 20.8. The van der Waals surface area contributed by atoms with Crippen molar-refractivity contribution in [1.82, 2.24) is 9.80 Å². The van der Waals surface area contributed by atoms with Crippen LogP contribution in [0.1, 0.15) is 47.2 Å². The monoisotopic (exact) mass is 556 g/mol. The average molecular weight is 558 g/mol. The van der Waals surface area contributed by atoms with Gasteiger partial charge in [-0.15, -0.1) is 0 Å². The van der Waals surface area contributed by atoms with Gasteiger partial charge in [-0.25, -0.2) is 0 Å². The zero-order chi connectivity index (χ0) is 25.8. The van der Waals surface area contributed by atoms with Gasteiger partial charge in [0, 0.05) is 51.4 Å². The first-order valence-electron chi connectivity index (χ1n) is 12.8. The molecule has 7 heteroatoms. The number of carbonyl (C=O) groups excluding carboxylic acids is 1. The van der Waals surface area contributed by atoms with Crippen molar-refractivity contribution in [3.8, 4) is 5.75 Å². The van der Waals surface area contributed by atoms with E-state index in [1.54, 1.807) is 12.1 Å². The minimum atomic E-state index is 0.110. The molecule has 0 bridgehead atoms. The third-order valence-corrected chi connectivity index (χ3v) is 8.88. The summed E-state index contributed by atoms with van der Waals surface area (Å²) < 4.78 is 6.17. The molecular formula is C30H31Cl3N2O2. The maximum Gasteiger partial charge on any atom is 0.253 e. The number of ether oxygens (including phenoxy) is 1. The van der Waals surface area contributed by atoms with E-state index in [0.717, 1.165) is 69.7 Å². The van der Waals surface area contributed by atoms with Gasteiger partial charge in [-0.2, -0.15) is 0 Å². The number of piperidine rings is 2. The van der Waals surface area contributed by atoms with E-state index in [4.69, 9.17) is 39.5 Å². The summed E-state index contributed by atoms with van der Waals surface area (Å²) in [5.74, 6) is 0.978. The van der Waals surface area contributed by atoms with Crippen molar-refractivity contribution in [3.63, 3.8) is 0 Å². The molecule has 2 saturated heterocycles. The fourth-order valence-corrected chi connectivity index (χ4v) is 6.11. The van der Waals surface area contributed by atoms with Crippen LogP contribution in [-0.4, -0.2) is 41.9 Å². The number of para-hydroxylation sites is 1. The van der Waals surface area contributed by atoms with Gasteiger partial charge in [0.2, 0.25) is 0 Å². The second kappa shape index (κ2) is 11.7. The summed E-state index contributed by atoms with van der Waals surface area (Å²) in [4.78, 5) is 17.4. The van der Waals surface area contributed by atoms with Crippen molar-refractivity contribution < 1.29 is 9.53 Å². The molecule has 1 spiro atoms. The molecule has 0 saturated carbocycles. The summed E-state index contributed by atoms with van der Waals surface area (Å²) in [6.45, 7) is 4.94. The summed E-state index contributed by atoms with van der Waals surface area (Å²) >= 11 is 18.6. The molecule has 0 aliphatic carbocycles. The van der Waals surface area contributed by atoms with Gasteiger partial charge in [-0.05, 0) is 86.7 Å². The summed E-state index contributed by atoms with van der Waals surface area (Å²) in [7, 11) is 0. The van der Waals surface area contributed by atoms with Crippen LogP contribution in [0.15, 0.2) is 66.7 Å². The van der Waals surface area contributed by atoms with Crippen LogP contribution in [-0.2, 0) is 13.2 Å². The Morgan fingerprint density at radius 3 is 2.08 bits per heavy atom. The lowest BCUT2D eigenvalue weighted by molar-refractivity contribution is 0.0283. The number of halogens is 3. The summed E-state index contributed by atoms with van der Waals surface area (Å²) in [6.07, 6.45) is 4.46. The SMILES string of the molecule is O=C(c1ccc(Cl)cc1)N1CCC2(CCN(Cc3ccccc3OCc3c(Cl)cccc3Cl)CC2)CC1. The second-order valence-electron chi connectivity index (χ2n) is 10.2. The van der Waals surface area contributed by atoms with Gasteiger partial charge in [0.1, 0.15) is 12.4 Å². The van der Waals surface area contributed by atoms with Crippen LogP contribution >= 0.6 is 34.8 Å². The van der Waals surface area contributed by atoms with Crippen molar-refractivity contribution in [2.75, 3.05) is 26.2 Å². The molecule has 5 rings (SSSR count). The molecule has 194 valence electrons. The summed E-state index contributed by atoms with van der Waals surface area (Å²) in [5, 5.41) is 1.89. The predicted octanol–water partition coefficient (Wildman–Crippen LogP) is 7.74. The van der Waals surface area contributed by atoms with Gasteiger partial charge >= 0.3 is 0 Å². The Bertz CT molecular complexity index is 1210. The van der Waals surface area contributed by atoms with E-state index in [0.29, 0.717) is 32.7 Å². The van der Waals surface area contributed by atoms with Crippen molar-refractivity contribution in [2.45, 2.75) is 38.8 Å². The van der Waals surface area contributed by atoms with E-state index in [9.17, 15) is 4.79 Å². The second-order valence-corrected chi connectivity index (χ2v) is 11.4. The van der Waals surface area contributed by atoms with E-state index in [1.165, 1.54) is 5.56 Å². The lowest BCUT2D eigenvalue weighted by Gasteiger charge is -2.47. The zero-order valence-corrected chi connectivity index (χ0v) is 23.0. The third kappa shape index (κ3) is 6.26. The molecule has 4 nitrogen and oxygen atoms in total. The maximum atomic E-state index is 12.9. The summed E-state index contributed by atoms with van der Waals surface area (Å²) in [5.41, 5.74) is 3.03. The highest BCUT2D eigenvalue weighted by molar-refractivity contribution is 6.36. The Morgan fingerprint density at radius 2 is 1.41 bits per heavy atom. The first-order chi connectivity index (χ1) is 17.9. The topological polar surface area (TPSA) is 32.8 Å². The van der Waals surface area contributed by atoms with Gasteiger partial charge in [-0.3, -0.25) is 9.69 Å². The molecule has 0 atom stereocenters. The minimum Gasteiger partial charge on any atom is -0.488 e. The third-order valence-electron chi connectivity index (χ3n) is 7.92. The van der Waals surface area contributed by atoms with Crippen molar-refractivity contribution in [1.29, 1.82) is 0 Å². The smallest absolute Gasteiger partial charge is 0.253 e. The first kappa shape index (κ1) is 26.4. The van der Waals surface area contributed by atoms with Gasteiger partial charge in [-0.1, -0.05) is 59.1 Å². The van der Waals surface area contributed by atoms with Crippen LogP contribution in [0.5, 0.6) is 5.75 Å². The molecule has 2 aliphatic heterocycles. The standard InChI is InChI=1S/C30H31Cl3N2O2/c31-24-10-8-22(9-11-24)29(36)35-18-14-30(15-19-35)12-16-34(17-13-30)20-23-4-1-2-7-28(23)37-21-25-26(32)5-3-6-27(25)33/h1-11H,12-21H2. The van der Waals surface area contributed by atoms with Gasteiger partial charge in [0.15, 0.2) is 0 Å². The summed E-state index contributed by atoms with van der Waals surface area (Å²) in [6, 6.07) is 20.9. The molecule has 2 fully saturated rings. The van der Waals surface area contributed by atoms with Gasteiger partial charge in [0.05, 0.1) is 0 Å². The maximum absolute atomic E-state index is 12.9. The number of hydrogen-bond donors (Lipinski definition) is 0. The van der Waals surface area contributed by atoms with Crippen LogP contribution in [0, 0.1) is 5.41 Å². The number of benzene rings is 3. The molecule has 0 aromatic heterocycles. The number of amides is 1. The lowest BCUT2D eigenvalue weighted by atomic mass is 9.71. The minimum absolute atomic E-state index is 0.110. The van der Waals surface area contributed by atoms with Crippen molar-refractivity contribution >= 4 is 40.7 Å². The van der Waals surface area contributed by atoms with Crippen LogP contribution in [0.2, 0.25) is 15.1 Å². The largest absolute Gasteiger partial charge is 0.488 e. The number of hydrogen-bond acceptors (Lipinski definition) is 3. The molecular weight excluding hydrogens is 527 g/mol. The Hall–Kier alpha value is -2.24. The van der Waals surface area contributed by atoms with Crippen LogP contribution in [0.4, 0.5) is 0 Å². The Kier molecular flexibility index (Phi) is 8.31. The molecule has 0 N–H and O–H groups in total. The Balaban J connectivity index is 1.14. The lowest BCUT2D eigenvalue weighted by Crippen LogP contribution is -2.48. The predicted molar refractivity (Wildman–Crippen MR) is 151 cm³/mol. The fraction of sp³-hybridized carbons (Fsp3) is 0.367. The first-order valence-corrected chi connectivity index (χ1v) is 14.0. The van der Waals surface area contributed by atoms with E-state index in [1.807, 2.05) is 47.4 Å². The van der Waals surface area contributed by atoms with Gasteiger partial charge < -0.3 is 9.64 Å². The quantitative estimate of drug-likeness (QED) is 0.311. The molecule has 3 aromatic rings. The normalized spacial score (nSPS) is 17.6. The molecule has 2 aliphatic rings. The number of nitrogens with zero attached hydrogens (tertiary/aromatic N) is 2. The molecule has 37 heavy (non-hydrogen) atoms. The Morgan fingerprint density at radius 1 is 0.784 bits per heavy atom. The van der Waals surface area contributed by atoms with E-state index < -0.39 is 0 Å². The molecule has 0 unspecified atom stereocenters. The molecule has 1 amide bonds. The number of rotatable bonds is 6. The van der Waals surface area contributed by atoms with E-state index in [2.05, 4.69) is 17.0 Å². The molecule has 2 heterocycles. The van der Waals surface area contributed by atoms with Gasteiger partial charge in [0.25, 0.3) is 5.91 Å². The number of likely N-dealkylation sites (tertiary alicyclic amines) is 2. The van der Waals surface area contributed by atoms with E-state index in [-0.39, 0.29) is 5.91 Å². The highest BCUT2D eigenvalue weighted by Gasteiger charge is 2.38. The van der Waals surface area contributed by atoms with Crippen LogP contribution in [0.25, 0.3) is 0 Å². The highest BCUT2D eigenvalue weighted by atomic mass is 35.5. The van der Waals surface area contributed by atoms with Crippen molar-refractivity contribution in [3.05, 3.63) is 98.5 Å². The van der Waals surface area contributed by atoms with Crippen LogP contribution < -0.4 is 4.74 Å². The Labute approximate surface area is 234 Å². The number of carbonyl (C=O) groups is 1. The molecule has 3 aromatic carbocycles. The van der Waals surface area contributed by atoms with Crippen molar-refractivity contribution in [2.24, 2.45) is 5.41 Å². The van der Waals surface area contributed by atoms with E-state index >= 15 is 0 Å². The van der Waals surface area contributed by atoms with Crippen LogP contribution in [0.3, 0.4) is 0 Å². The fourth-order valence-electron chi connectivity index (χ4n) is 5.48.